The molecule has 0 amide bonds. The second-order valence-corrected chi connectivity index (χ2v) is 3.60. The third-order valence-electron chi connectivity index (χ3n) is 2.56. The maximum Gasteiger partial charge on any atom is 0.123 e. The summed E-state index contributed by atoms with van der Waals surface area (Å²) in [7, 11) is 0. The van der Waals surface area contributed by atoms with Crippen molar-refractivity contribution in [3.63, 3.8) is 0 Å². The Balaban J connectivity index is 2.96. The Morgan fingerprint density at radius 2 is 2.07 bits per heavy atom. The summed E-state index contributed by atoms with van der Waals surface area (Å²) in [5.74, 6) is 0.217. The van der Waals surface area contributed by atoms with Gasteiger partial charge in [0.15, 0.2) is 0 Å². The van der Waals surface area contributed by atoms with Crippen LogP contribution in [0.5, 0.6) is 5.75 Å². The molecule has 1 aromatic rings. The highest BCUT2D eigenvalue weighted by Gasteiger charge is 2.13. The van der Waals surface area contributed by atoms with Gasteiger partial charge in [-0.2, -0.15) is 0 Å². The van der Waals surface area contributed by atoms with E-state index in [0.717, 1.165) is 24.8 Å². The van der Waals surface area contributed by atoms with Crippen LogP contribution in [0, 0.1) is 5.82 Å². The summed E-state index contributed by atoms with van der Waals surface area (Å²) >= 11 is 0. The fourth-order valence-corrected chi connectivity index (χ4v) is 1.78. The van der Waals surface area contributed by atoms with Gasteiger partial charge in [-0.15, -0.1) is 0 Å². The van der Waals surface area contributed by atoms with Crippen molar-refractivity contribution in [1.29, 1.82) is 0 Å². The van der Waals surface area contributed by atoms with Crippen LogP contribution in [0.2, 0.25) is 0 Å². The van der Waals surface area contributed by atoms with Crippen LogP contribution in [0.3, 0.4) is 0 Å². The molecule has 78 valence electrons. The number of halogens is 1. The molecule has 1 nitrogen and oxygen atoms in total. The molecule has 1 unspecified atom stereocenters. The maximum atomic E-state index is 13.0. The van der Waals surface area contributed by atoms with Crippen molar-refractivity contribution in [2.24, 2.45) is 0 Å². The van der Waals surface area contributed by atoms with Crippen LogP contribution >= 0.6 is 0 Å². The van der Waals surface area contributed by atoms with Crippen LogP contribution in [-0.4, -0.2) is 5.11 Å². The molecule has 0 aromatic heterocycles. The highest BCUT2D eigenvalue weighted by Crippen LogP contribution is 2.31. The normalized spacial score (nSPS) is 12.8. The predicted molar refractivity (Wildman–Crippen MR) is 56.0 cm³/mol. The number of phenols is 1. The minimum Gasteiger partial charge on any atom is -0.508 e. The highest BCUT2D eigenvalue weighted by molar-refractivity contribution is 5.35. The molecule has 2 heteroatoms. The van der Waals surface area contributed by atoms with E-state index in [4.69, 9.17) is 0 Å². The van der Waals surface area contributed by atoms with Crippen LogP contribution < -0.4 is 0 Å². The van der Waals surface area contributed by atoms with Crippen molar-refractivity contribution >= 4 is 0 Å². The van der Waals surface area contributed by atoms with Gasteiger partial charge in [0.25, 0.3) is 0 Å². The lowest BCUT2D eigenvalue weighted by molar-refractivity contribution is 0.451. The number of rotatable bonds is 4. The minimum absolute atomic E-state index is 0.215. The fraction of sp³-hybridized carbons (Fsp3) is 0.500. The molecule has 14 heavy (non-hydrogen) atoms. The van der Waals surface area contributed by atoms with Gasteiger partial charge in [0.05, 0.1) is 0 Å². The van der Waals surface area contributed by atoms with Crippen LogP contribution in [0.1, 0.15) is 44.6 Å². The zero-order valence-corrected chi connectivity index (χ0v) is 8.76. The summed E-state index contributed by atoms with van der Waals surface area (Å²) in [6.45, 7) is 4.16. The molecule has 1 atom stereocenters. The molecule has 0 fully saturated rings. The van der Waals surface area contributed by atoms with E-state index in [2.05, 4.69) is 13.8 Å². The molecule has 0 bridgehead atoms. The Morgan fingerprint density at radius 1 is 1.36 bits per heavy atom. The van der Waals surface area contributed by atoms with Gasteiger partial charge in [-0.1, -0.05) is 20.3 Å². The summed E-state index contributed by atoms with van der Waals surface area (Å²) in [4.78, 5) is 0. The lowest BCUT2D eigenvalue weighted by Gasteiger charge is -2.15. The van der Waals surface area contributed by atoms with Gasteiger partial charge in [-0.25, -0.2) is 4.39 Å². The number of aromatic hydroxyl groups is 1. The second kappa shape index (κ2) is 4.99. The Kier molecular flexibility index (Phi) is 3.93. The predicted octanol–water partition coefficient (Wildman–Crippen LogP) is 3.83. The summed E-state index contributed by atoms with van der Waals surface area (Å²) in [5.41, 5.74) is 0.745. The first-order chi connectivity index (χ1) is 6.69. The van der Waals surface area contributed by atoms with Crippen LogP contribution in [0.15, 0.2) is 18.2 Å². The van der Waals surface area contributed by atoms with Crippen molar-refractivity contribution in [3.8, 4) is 5.75 Å². The summed E-state index contributed by atoms with van der Waals surface area (Å²) in [6, 6.07) is 4.17. The monoisotopic (exact) mass is 196 g/mol. The second-order valence-electron chi connectivity index (χ2n) is 3.60. The van der Waals surface area contributed by atoms with E-state index in [0.29, 0.717) is 0 Å². The van der Waals surface area contributed by atoms with Gasteiger partial charge in [-0.05, 0) is 42.5 Å². The Hall–Kier alpha value is -1.05. The van der Waals surface area contributed by atoms with Crippen molar-refractivity contribution in [2.45, 2.75) is 39.0 Å². The van der Waals surface area contributed by atoms with Gasteiger partial charge < -0.3 is 5.11 Å². The van der Waals surface area contributed by atoms with Gasteiger partial charge in [0, 0.05) is 0 Å². The van der Waals surface area contributed by atoms with E-state index in [9.17, 15) is 9.50 Å². The average molecular weight is 196 g/mol. The third kappa shape index (κ3) is 2.47. The number of phenolic OH excluding ortho intramolecular Hbond substituents is 1. The van der Waals surface area contributed by atoms with E-state index >= 15 is 0 Å². The molecular formula is C12H17FO. The zero-order valence-electron chi connectivity index (χ0n) is 8.76. The molecule has 1 rings (SSSR count). The molecule has 0 saturated heterocycles. The molecule has 0 aliphatic rings. The molecule has 0 aliphatic carbocycles. The molecule has 0 saturated carbocycles. The number of benzene rings is 1. The largest absolute Gasteiger partial charge is 0.508 e. The van der Waals surface area contributed by atoms with E-state index < -0.39 is 0 Å². The van der Waals surface area contributed by atoms with Gasteiger partial charge in [-0.3, -0.25) is 0 Å². The van der Waals surface area contributed by atoms with E-state index in [-0.39, 0.29) is 17.5 Å². The number of hydrogen-bond acceptors (Lipinski definition) is 1. The standard InChI is InChI=1S/C12H17FO/c1-3-5-9(4-2)11-8-10(13)6-7-12(11)14/h6-9,14H,3-5H2,1-2H3. The third-order valence-corrected chi connectivity index (χ3v) is 2.56. The maximum absolute atomic E-state index is 13.0. The molecule has 0 heterocycles. The zero-order chi connectivity index (χ0) is 10.6. The topological polar surface area (TPSA) is 20.2 Å². The van der Waals surface area contributed by atoms with E-state index in [1.165, 1.54) is 18.2 Å². The average Bonchev–Trinajstić information content (AvgIpc) is 2.18. The first-order valence-electron chi connectivity index (χ1n) is 5.17. The first kappa shape index (κ1) is 11.0. The Labute approximate surface area is 84.6 Å². The molecular weight excluding hydrogens is 179 g/mol. The van der Waals surface area contributed by atoms with Crippen molar-refractivity contribution in [1.82, 2.24) is 0 Å². The number of hydrogen-bond donors (Lipinski definition) is 1. The highest BCUT2D eigenvalue weighted by atomic mass is 19.1. The van der Waals surface area contributed by atoms with Crippen LogP contribution in [0.4, 0.5) is 4.39 Å². The van der Waals surface area contributed by atoms with Crippen molar-refractivity contribution in [3.05, 3.63) is 29.6 Å². The SMILES string of the molecule is CCCC(CC)c1cc(F)ccc1O. The van der Waals surface area contributed by atoms with Crippen LogP contribution in [0.25, 0.3) is 0 Å². The van der Waals surface area contributed by atoms with Gasteiger partial charge in [0.1, 0.15) is 11.6 Å². The molecule has 1 N–H and O–H groups in total. The van der Waals surface area contributed by atoms with Gasteiger partial charge in [0.2, 0.25) is 0 Å². The molecule has 1 aromatic carbocycles. The summed E-state index contributed by atoms with van der Waals surface area (Å²) in [6.07, 6.45) is 2.98. The van der Waals surface area contributed by atoms with Crippen molar-refractivity contribution < 1.29 is 9.50 Å². The Bertz CT molecular complexity index is 296. The lowest BCUT2D eigenvalue weighted by atomic mass is 9.91. The summed E-state index contributed by atoms with van der Waals surface area (Å²) in [5, 5.41) is 9.60. The summed E-state index contributed by atoms with van der Waals surface area (Å²) < 4.78 is 13.0. The fourth-order valence-electron chi connectivity index (χ4n) is 1.78. The van der Waals surface area contributed by atoms with Crippen LogP contribution in [-0.2, 0) is 0 Å². The minimum atomic E-state index is -0.271. The van der Waals surface area contributed by atoms with Gasteiger partial charge >= 0.3 is 0 Å². The molecule has 0 spiro atoms. The van der Waals surface area contributed by atoms with E-state index in [1.807, 2.05) is 0 Å². The smallest absolute Gasteiger partial charge is 0.123 e. The van der Waals surface area contributed by atoms with E-state index in [1.54, 1.807) is 0 Å². The first-order valence-corrected chi connectivity index (χ1v) is 5.17. The Morgan fingerprint density at radius 3 is 2.64 bits per heavy atom. The molecule has 0 radical (unpaired) electrons. The quantitative estimate of drug-likeness (QED) is 0.776. The lowest BCUT2D eigenvalue weighted by Crippen LogP contribution is -1.98. The molecule has 0 aliphatic heterocycles. The van der Waals surface area contributed by atoms with Crippen molar-refractivity contribution in [2.75, 3.05) is 0 Å².